The maximum Gasteiger partial charge on any atom is 0.0655 e. The van der Waals surface area contributed by atoms with Crippen LogP contribution in [-0.4, -0.2) is 0 Å². The van der Waals surface area contributed by atoms with Gasteiger partial charge in [0.15, 0.2) is 0 Å². The second-order valence-electron chi connectivity index (χ2n) is 13.0. The third-order valence-corrected chi connectivity index (χ3v) is 10.9. The number of nitriles is 1. The number of rotatable bonds is 14. The minimum atomic E-state index is 0.353. The second-order valence-corrected chi connectivity index (χ2v) is 13.0. The van der Waals surface area contributed by atoms with Crippen molar-refractivity contribution in [2.45, 2.75) is 168 Å². The molecule has 3 rings (SSSR count). The maximum absolute atomic E-state index is 9.47. The standard InChI is InChI=1S/C33H59N/c1-3-5-7-9-11-13-28-14-16-30(17-15-28)31-18-20-32(21-19-31)33(24-12-10-8-6-4-2)25-22-29(27-34)23-26-33/h28-32H,3-26H2,1-2H3. The SMILES string of the molecule is CCCCCCCC1CCC(C2CCC(C3(CCCCCCC)CCC(C#N)CC3)CC2)CC1. The van der Waals surface area contributed by atoms with Gasteiger partial charge in [0.05, 0.1) is 6.07 Å². The lowest BCUT2D eigenvalue weighted by molar-refractivity contribution is 0.0229. The Morgan fingerprint density at radius 1 is 0.618 bits per heavy atom. The highest BCUT2D eigenvalue weighted by Gasteiger charge is 2.43. The van der Waals surface area contributed by atoms with Gasteiger partial charge in [-0.05, 0) is 99.7 Å². The Balaban J connectivity index is 1.41. The molecule has 3 saturated carbocycles. The lowest BCUT2D eigenvalue weighted by atomic mass is 9.56. The molecule has 196 valence electrons. The molecular formula is C33H59N. The molecule has 0 aromatic rings. The lowest BCUT2D eigenvalue weighted by Gasteiger charge is -2.49. The van der Waals surface area contributed by atoms with Crippen molar-refractivity contribution in [1.29, 1.82) is 5.26 Å². The van der Waals surface area contributed by atoms with Gasteiger partial charge < -0.3 is 0 Å². The normalized spacial score (nSPS) is 34.6. The number of hydrogen-bond acceptors (Lipinski definition) is 1. The molecule has 0 aliphatic heterocycles. The second kappa shape index (κ2) is 15.6. The van der Waals surface area contributed by atoms with Crippen LogP contribution in [0.2, 0.25) is 0 Å². The highest BCUT2D eigenvalue weighted by atomic mass is 14.5. The van der Waals surface area contributed by atoms with E-state index in [0.29, 0.717) is 11.3 Å². The van der Waals surface area contributed by atoms with Gasteiger partial charge in [0.1, 0.15) is 0 Å². The molecule has 0 amide bonds. The van der Waals surface area contributed by atoms with Gasteiger partial charge in [-0.3, -0.25) is 0 Å². The summed E-state index contributed by atoms with van der Waals surface area (Å²) >= 11 is 0. The molecular weight excluding hydrogens is 410 g/mol. The average molecular weight is 470 g/mol. The highest BCUT2D eigenvalue weighted by Crippen LogP contribution is 2.54. The van der Waals surface area contributed by atoms with E-state index in [1.165, 1.54) is 141 Å². The van der Waals surface area contributed by atoms with E-state index in [2.05, 4.69) is 19.9 Å². The number of hydrogen-bond donors (Lipinski definition) is 0. The van der Waals surface area contributed by atoms with Crippen molar-refractivity contribution in [2.24, 2.45) is 35.0 Å². The molecule has 3 aliphatic carbocycles. The molecule has 3 fully saturated rings. The predicted molar refractivity (Wildman–Crippen MR) is 148 cm³/mol. The van der Waals surface area contributed by atoms with Gasteiger partial charge in [-0.1, -0.05) is 97.3 Å². The van der Waals surface area contributed by atoms with Gasteiger partial charge in [-0.25, -0.2) is 0 Å². The Bertz CT molecular complexity index is 550. The van der Waals surface area contributed by atoms with Crippen molar-refractivity contribution in [3.8, 4) is 6.07 Å². The van der Waals surface area contributed by atoms with E-state index in [9.17, 15) is 5.26 Å². The first-order valence-corrected chi connectivity index (χ1v) is 16.1. The van der Waals surface area contributed by atoms with Crippen molar-refractivity contribution in [2.75, 3.05) is 0 Å². The topological polar surface area (TPSA) is 23.8 Å². The minimum Gasteiger partial charge on any atom is -0.198 e. The van der Waals surface area contributed by atoms with Crippen LogP contribution < -0.4 is 0 Å². The Morgan fingerprint density at radius 3 is 1.71 bits per heavy atom. The lowest BCUT2D eigenvalue weighted by Crippen LogP contribution is -2.38. The van der Waals surface area contributed by atoms with Crippen molar-refractivity contribution < 1.29 is 0 Å². The van der Waals surface area contributed by atoms with Crippen LogP contribution in [0.3, 0.4) is 0 Å². The largest absolute Gasteiger partial charge is 0.198 e. The van der Waals surface area contributed by atoms with Crippen molar-refractivity contribution in [3.05, 3.63) is 0 Å². The summed E-state index contributed by atoms with van der Waals surface area (Å²) in [7, 11) is 0. The molecule has 0 heterocycles. The Kier molecular flexibility index (Phi) is 12.9. The summed E-state index contributed by atoms with van der Waals surface area (Å²) < 4.78 is 0. The fourth-order valence-electron chi connectivity index (χ4n) is 8.45. The van der Waals surface area contributed by atoms with Crippen molar-refractivity contribution in [3.63, 3.8) is 0 Å². The van der Waals surface area contributed by atoms with Crippen LogP contribution in [0.1, 0.15) is 168 Å². The molecule has 0 N–H and O–H groups in total. The van der Waals surface area contributed by atoms with E-state index >= 15 is 0 Å². The summed E-state index contributed by atoms with van der Waals surface area (Å²) in [6, 6.07) is 2.60. The summed E-state index contributed by atoms with van der Waals surface area (Å²) in [6.07, 6.45) is 34.6. The summed E-state index contributed by atoms with van der Waals surface area (Å²) in [6.45, 7) is 4.65. The number of unbranched alkanes of at least 4 members (excludes halogenated alkanes) is 8. The Morgan fingerprint density at radius 2 is 1.15 bits per heavy atom. The van der Waals surface area contributed by atoms with E-state index in [1.54, 1.807) is 12.8 Å². The van der Waals surface area contributed by atoms with Crippen molar-refractivity contribution >= 4 is 0 Å². The van der Waals surface area contributed by atoms with Gasteiger partial charge in [-0.2, -0.15) is 5.26 Å². The Hall–Kier alpha value is -0.510. The van der Waals surface area contributed by atoms with Crippen LogP contribution in [0.15, 0.2) is 0 Å². The monoisotopic (exact) mass is 469 g/mol. The van der Waals surface area contributed by atoms with Gasteiger partial charge in [-0.15, -0.1) is 0 Å². The highest BCUT2D eigenvalue weighted by molar-refractivity contribution is 4.97. The van der Waals surface area contributed by atoms with E-state index in [4.69, 9.17) is 0 Å². The predicted octanol–water partition coefficient (Wildman–Crippen LogP) is 11.0. The molecule has 1 nitrogen and oxygen atoms in total. The van der Waals surface area contributed by atoms with Gasteiger partial charge in [0.2, 0.25) is 0 Å². The molecule has 1 heteroatoms. The third-order valence-electron chi connectivity index (χ3n) is 10.9. The fraction of sp³-hybridized carbons (Fsp3) is 0.970. The first-order chi connectivity index (χ1) is 16.7. The van der Waals surface area contributed by atoms with Gasteiger partial charge in [0, 0.05) is 5.92 Å². The van der Waals surface area contributed by atoms with Crippen molar-refractivity contribution in [1.82, 2.24) is 0 Å². The zero-order valence-corrected chi connectivity index (χ0v) is 23.3. The molecule has 0 bridgehead atoms. The van der Waals surface area contributed by atoms with E-state index in [1.807, 2.05) is 0 Å². The maximum atomic E-state index is 9.47. The quantitative estimate of drug-likeness (QED) is 0.232. The summed E-state index contributed by atoms with van der Waals surface area (Å²) in [5, 5.41) is 9.47. The first-order valence-electron chi connectivity index (χ1n) is 16.1. The Labute approximate surface area is 214 Å². The molecule has 34 heavy (non-hydrogen) atoms. The zero-order valence-electron chi connectivity index (χ0n) is 23.3. The molecule has 0 spiro atoms. The zero-order chi connectivity index (χ0) is 24.1. The molecule has 0 saturated heterocycles. The van der Waals surface area contributed by atoms with E-state index in [-0.39, 0.29) is 0 Å². The first kappa shape index (κ1) is 28.1. The molecule has 0 atom stereocenters. The molecule has 3 aliphatic rings. The van der Waals surface area contributed by atoms with Gasteiger partial charge in [0.25, 0.3) is 0 Å². The van der Waals surface area contributed by atoms with Crippen LogP contribution >= 0.6 is 0 Å². The minimum absolute atomic E-state index is 0.353. The third kappa shape index (κ3) is 8.56. The molecule has 0 radical (unpaired) electrons. The average Bonchev–Trinajstić information content (AvgIpc) is 2.89. The van der Waals surface area contributed by atoms with E-state index < -0.39 is 0 Å². The van der Waals surface area contributed by atoms with Crippen LogP contribution in [0.25, 0.3) is 0 Å². The van der Waals surface area contributed by atoms with Gasteiger partial charge >= 0.3 is 0 Å². The van der Waals surface area contributed by atoms with Crippen LogP contribution in [0.4, 0.5) is 0 Å². The van der Waals surface area contributed by atoms with Crippen LogP contribution in [0.5, 0.6) is 0 Å². The fourth-order valence-corrected chi connectivity index (χ4v) is 8.45. The summed E-state index contributed by atoms with van der Waals surface area (Å²) in [5.41, 5.74) is 0.597. The van der Waals surface area contributed by atoms with Crippen LogP contribution in [-0.2, 0) is 0 Å². The molecule has 0 aromatic carbocycles. The molecule has 0 aromatic heterocycles. The smallest absolute Gasteiger partial charge is 0.0655 e. The van der Waals surface area contributed by atoms with E-state index in [0.717, 1.165) is 23.7 Å². The van der Waals surface area contributed by atoms with Crippen LogP contribution in [0, 0.1) is 46.3 Å². The summed E-state index contributed by atoms with van der Waals surface area (Å²) in [4.78, 5) is 0. The number of nitrogens with zero attached hydrogens (tertiary/aromatic N) is 1. The summed E-state index contributed by atoms with van der Waals surface area (Å²) in [5.74, 6) is 4.47. The molecule has 0 unspecified atom stereocenters.